The minimum Gasteiger partial charge on any atom is -0.382 e. The summed E-state index contributed by atoms with van der Waals surface area (Å²) in [6, 6.07) is 12.3. The van der Waals surface area contributed by atoms with Gasteiger partial charge in [-0.15, -0.1) is 0 Å². The van der Waals surface area contributed by atoms with Crippen LogP contribution in [0.5, 0.6) is 5.75 Å². The molecule has 0 atom stereocenters. The number of halogens is 1. The fraction of sp³-hybridized carbons (Fsp3) is 0.105. The molecule has 0 aliphatic heterocycles. The number of allylic oxidation sites excluding steroid dienone is 2. The Hall–Kier alpha value is -2.73. The second-order valence-corrected chi connectivity index (χ2v) is 6.99. The van der Waals surface area contributed by atoms with Gasteiger partial charge >= 0.3 is 10.1 Å². The lowest BCUT2D eigenvalue weighted by molar-refractivity contribution is -0.110. The maximum absolute atomic E-state index is 13.1. The van der Waals surface area contributed by atoms with Crippen molar-refractivity contribution in [1.29, 1.82) is 0 Å². The van der Waals surface area contributed by atoms with Gasteiger partial charge in [0.15, 0.2) is 5.78 Å². The largest absolute Gasteiger partial charge is 0.382 e. The van der Waals surface area contributed by atoms with E-state index in [1.807, 2.05) is 0 Å². The second-order valence-electron chi connectivity index (χ2n) is 5.13. The molecule has 130 valence electrons. The lowest BCUT2D eigenvalue weighted by Crippen LogP contribution is -2.11. The smallest absolute Gasteiger partial charge is 0.308 e. The van der Waals surface area contributed by atoms with E-state index < -0.39 is 10.1 Å². The molecule has 0 bridgehead atoms. The van der Waals surface area contributed by atoms with Crippen molar-refractivity contribution in [2.24, 2.45) is 0 Å². The average Bonchev–Trinajstić information content (AvgIpc) is 2.58. The first-order chi connectivity index (χ1) is 11.9. The number of carbonyl (C=O) groups is 1. The van der Waals surface area contributed by atoms with Crippen LogP contribution in [-0.2, 0) is 14.9 Å². The van der Waals surface area contributed by atoms with Gasteiger partial charge in [-0.3, -0.25) is 4.79 Å². The van der Waals surface area contributed by atoms with Gasteiger partial charge in [0.2, 0.25) is 0 Å². The molecule has 0 amide bonds. The van der Waals surface area contributed by atoms with Crippen LogP contribution in [0.15, 0.2) is 60.7 Å². The SMILES string of the molecule is CCS(=O)(=O)Oc1cccc(/C=C/C(=O)/C=C/c2cccc(F)c2)c1. The summed E-state index contributed by atoms with van der Waals surface area (Å²) in [7, 11) is -3.60. The van der Waals surface area contributed by atoms with E-state index in [1.165, 1.54) is 49.4 Å². The van der Waals surface area contributed by atoms with E-state index >= 15 is 0 Å². The van der Waals surface area contributed by atoms with Crippen LogP contribution in [0.25, 0.3) is 12.2 Å². The van der Waals surface area contributed by atoms with Crippen LogP contribution < -0.4 is 4.18 Å². The maximum atomic E-state index is 13.1. The highest BCUT2D eigenvalue weighted by Crippen LogP contribution is 2.16. The van der Waals surface area contributed by atoms with Crippen molar-refractivity contribution in [2.45, 2.75) is 6.92 Å². The number of hydrogen-bond donors (Lipinski definition) is 0. The minimum atomic E-state index is -3.60. The summed E-state index contributed by atoms with van der Waals surface area (Å²) in [5.41, 5.74) is 1.21. The predicted molar refractivity (Wildman–Crippen MR) is 96.0 cm³/mol. The summed E-state index contributed by atoms with van der Waals surface area (Å²) in [5.74, 6) is -0.594. The van der Waals surface area contributed by atoms with E-state index in [-0.39, 0.29) is 23.1 Å². The Morgan fingerprint density at radius 2 is 1.64 bits per heavy atom. The van der Waals surface area contributed by atoms with Crippen molar-refractivity contribution in [3.63, 3.8) is 0 Å². The number of benzene rings is 2. The van der Waals surface area contributed by atoms with Crippen molar-refractivity contribution >= 4 is 28.1 Å². The molecule has 6 heteroatoms. The maximum Gasteiger partial charge on any atom is 0.308 e. The van der Waals surface area contributed by atoms with Crippen molar-refractivity contribution in [3.05, 3.63) is 77.6 Å². The Kier molecular flexibility index (Phi) is 6.25. The molecular weight excluding hydrogens is 343 g/mol. The molecule has 0 heterocycles. The van der Waals surface area contributed by atoms with Crippen LogP contribution in [0.4, 0.5) is 4.39 Å². The van der Waals surface area contributed by atoms with Gasteiger partial charge in [-0.05, 0) is 54.5 Å². The zero-order valence-electron chi connectivity index (χ0n) is 13.6. The highest BCUT2D eigenvalue weighted by Gasteiger charge is 2.08. The van der Waals surface area contributed by atoms with Crippen LogP contribution in [0, 0.1) is 5.82 Å². The lowest BCUT2D eigenvalue weighted by Gasteiger charge is -2.05. The summed E-state index contributed by atoms with van der Waals surface area (Å²) in [6.07, 6.45) is 5.73. The van der Waals surface area contributed by atoms with Crippen LogP contribution >= 0.6 is 0 Å². The summed E-state index contributed by atoms with van der Waals surface area (Å²) in [4.78, 5) is 11.8. The van der Waals surface area contributed by atoms with Crippen LogP contribution in [0.3, 0.4) is 0 Å². The molecule has 0 saturated heterocycles. The van der Waals surface area contributed by atoms with Crippen LogP contribution in [0.2, 0.25) is 0 Å². The van der Waals surface area contributed by atoms with E-state index in [1.54, 1.807) is 30.3 Å². The first-order valence-corrected chi connectivity index (χ1v) is 9.13. The van der Waals surface area contributed by atoms with E-state index in [0.29, 0.717) is 11.1 Å². The van der Waals surface area contributed by atoms with Gasteiger partial charge in [0.05, 0.1) is 5.75 Å². The summed E-state index contributed by atoms with van der Waals surface area (Å²) in [5, 5.41) is 0. The first kappa shape index (κ1) is 18.6. The van der Waals surface area contributed by atoms with Crippen LogP contribution in [-0.4, -0.2) is 20.0 Å². The van der Waals surface area contributed by atoms with E-state index in [0.717, 1.165) is 0 Å². The van der Waals surface area contributed by atoms with Gasteiger partial charge in [0, 0.05) is 0 Å². The summed E-state index contributed by atoms with van der Waals surface area (Å²) >= 11 is 0. The molecule has 0 fully saturated rings. The second kappa shape index (κ2) is 8.39. The predicted octanol–water partition coefficient (Wildman–Crippen LogP) is 3.85. The Bertz CT molecular complexity index is 915. The molecule has 0 saturated carbocycles. The molecular formula is C19H17FO4S. The minimum absolute atomic E-state index is 0.129. The van der Waals surface area contributed by atoms with E-state index in [4.69, 9.17) is 4.18 Å². The third kappa shape index (κ3) is 6.35. The summed E-state index contributed by atoms with van der Waals surface area (Å²) in [6.45, 7) is 1.49. The molecule has 0 N–H and O–H groups in total. The molecule has 2 rings (SSSR count). The van der Waals surface area contributed by atoms with Gasteiger partial charge in [0.25, 0.3) is 0 Å². The number of carbonyl (C=O) groups excluding carboxylic acids is 1. The highest BCUT2D eigenvalue weighted by molar-refractivity contribution is 7.87. The molecule has 2 aromatic carbocycles. The quantitative estimate of drug-likeness (QED) is 0.556. The van der Waals surface area contributed by atoms with Crippen molar-refractivity contribution in [1.82, 2.24) is 0 Å². The van der Waals surface area contributed by atoms with Crippen LogP contribution in [0.1, 0.15) is 18.1 Å². The molecule has 0 radical (unpaired) electrons. The van der Waals surface area contributed by atoms with Gasteiger partial charge in [-0.1, -0.05) is 36.4 Å². The van der Waals surface area contributed by atoms with E-state index in [2.05, 4.69) is 0 Å². The Labute approximate surface area is 146 Å². The Balaban J connectivity index is 2.05. The van der Waals surface area contributed by atoms with E-state index in [9.17, 15) is 17.6 Å². The average molecular weight is 360 g/mol. The molecule has 2 aromatic rings. The van der Waals surface area contributed by atoms with Gasteiger partial charge in [-0.25, -0.2) is 4.39 Å². The molecule has 0 aliphatic carbocycles. The molecule has 0 aromatic heterocycles. The fourth-order valence-electron chi connectivity index (χ4n) is 1.90. The highest BCUT2D eigenvalue weighted by atomic mass is 32.2. The number of ketones is 1. The third-order valence-corrected chi connectivity index (χ3v) is 4.32. The monoisotopic (exact) mass is 360 g/mol. The summed E-state index contributed by atoms with van der Waals surface area (Å²) < 4.78 is 40.9. The zero-order chi connectivity index (χ0) is 18.3. The standard InChI is InChI=1S/C19H17FO4S/c1-2-25(22,23)24-19-8-4-6-16(14-19)10-12-18(21)11-9-15-5-3-7-17(20)13-15/h3-14H,2H2,1H3/b11-9+,12-10+. The number of hydrogen-bond acceptors (Lipinski definition) is 4. The fourth-order valence-corrected chi connectivity index (χ4v) is 2.41. The Morgan fingerprint density at radius 3 is 2.24 bits per heavy atom. The van der Waals surface area contributed by atoms with Gasteiger partial charge in [0.1, 0.15) is 11.6 Å². The Morgan fingerprint density at radius 1 is 1.04 bits per heavy atom. The van der Waals surface area contributed by atoms with Crippen molar-refractivity contribution in [2.75, 3.05) is 5.75 Å². The molecule has 0 unspecified atom stereocenters. The first-order valence-electron chi connectivity index (χ1n) is 7.56. The van der Waals surface area contributed by atoms with Gasteiger partial charge in [-0.2, -0.15) is 8.42 Å². The lowest BCUT2D eigenvalue weighted by atomic mass is 10.1. The van der Waals surface area contributed by atoms with Crippen molar-refractivity contribution < 1.29 is 21.8 Å². The third-order valence-electron chi connectivity index (χ3n) is 3.16. The topological polar surface area (TPSA) is 60.4 Å². The number of rotatable bonds is 7. The van der Waals surface area contributed by atoms with Crippen molar-refractivity contribution in [3.8, 4) is 5.75 Å². The molecule has 0 aliphatic rings. The normalized spacial score (nSPS) is 11.9. The molecule has 25 heavy (non-hydrogen) atoms. The molecule has 4 nitrogen and oxygen atoms in total. The molecule has 0 spiro atoms. The van der Waals surface area contributed by atoms with Gasteiger partial charge < -0.3 is 4.18 Å². The zero-order valence-corrected chi connectivity index (χ0v) is 14.4.